The van der Waals surface area contributed by atoms with Crippen LogP contribution in [0, 0.1) is 0 Å². The maximum absolute atomic E-state index is 12.0. The van der Waals surface area contributed by atoms with Crippen molar-refractivity contribution in [1.82, 2.24) is 5.32 Å². The Bertz CT molecular complexity index is 633. The number of nitrogens with two attached hydrogens (primary N) is 1. The molecule has 1 heterocycles. The zero-order chi connectivity index (χ0) is 14.7. The Kier molecular flexibility index (Phi) is 5.31. The largest absolute Gasteiger partial charge is 0.389 e. The summed E-state index contributed by atoms with van der Waals surface area (Å²) >= 11 is 13.0. The van der Waals surface area contributed by atoms with E-state index in [9.17, 15) is 4.79 Å². The predicted molar refractivity (Wildman–Crippen MR) is 93.2 cm³/mol. The normalized spacial score (nSPS) is 10.3. The molecule has 0 unspecified atom stereocenters. The van der Waals surface area contributed by atoms with Gasteiger partial charge in [-0.2, -0.15) is 0 Å². The first-order chi connectivity index (χ1) is 9.47. The monoisotopic (exact) mass is 432 g/mol. The topological polar surface area (TPSA) is 55.1 Å². The summed E-state index contributed by atoms with van der Waals surface area (Å²) in [4.78, 5) is 13.0. The molecule has 0 fully saturated rings. The Morgan fingerprint density at radius 3 is 2.45 bits per heavy atom. The molecule has 0 aliphatic carbocycles. The maximum atomic E-state index is 12.0. The molecular weight excluding hydrogens is 424 g/mol. The minimum absolute atomic E-state index is 0.0974. The maximum Gasteiger partial charge on any atom is 0.261 e. The first kappa shape index (κ1) is 15.6. The van der Waals surface area contributed by atoms with Crippen molar-refractivity contribution < 1.29 is 4.79 Å². The van der Waals surface area contributed by atoms with Crippen molar-refractivity contribution in [3.8, 4) is 0 Å². The number of rotatable bonds is 4. The summed E-state index contributed by atoms with van der Waals surface area (Å²) in [6.45, 7) is 0.462. The molecule has 1 aromatic heterocycles. The highest BCUT2D eigenvalue weighted by Gasteiger charge is 2.11. The first-order valence-corrected chi connectivity index (χ1v) is 8.40. The number of hydrogen-bond acceptors (Lipinski definition) is 3. The van der Waals surface area contributed by atoms with Gasteiger partial charge in [0, 0.05) is 16.6 Å². The fourth-order valence-electron chi connectivity index (χ4n) is 1.51. The first-order valence-electron chi connectivity index (χ1n) is 5.59. The third kappa shape index (κ3) is 3.88. The van der Waals surface area contributed by atoms with Gasteiger partial charge >= 0.3 is 0 Å². The van der Waals surface area contributed by atoms with Gasteiger partial charge in [-0.05, 0) is 43.5 Å². The van der Waals surface area contributed by atoms with E-state index in [1.165, 1.54) is 11.3 Å². The van der Waals surface area contributed by atoms with Crippen LogP contribution in [0.3, 0.4) is 0 Å². The van der Waals surface area contributed by atoms with E-state index in [0.29, 0.717) is 16.4 Å². The number of amides is 1. The predicted octanol–water partition coefficient (Wildman–Crippen LogP) is 3.84. The summed E-state index contributed by atoms with van der Waals surface area (Å²) in [6, 6.07) is 9.29. The number of carbonyl (C=O) groups excluding carboxylic acids is 1. The minimum Gasteiger partial charge on any atom is -0.389 e. The van der Waals surface area contributed by atoms with Gasteiger partial charge in [-0.25, -0.2) is 0 Å². The molecule has 1 aromatic carbocycles. The van der Waals surface area contributed by atoms with Gasteiger partial charge in [0.2, 0.25) is 0 Å². The van der Waals surface area contributed by atoms with Crippen molar-refractivity contribution in [2.45, 2.75) is 6.54 Å². The molecule has 0 spiro atoms. The van der Waals surface area contributed by atoms with Gasteiger partial charge in [-0.15, -0.1) is 11.3 Å². The molecule has 20 heavy (non-hydrogen) atoms. The van der Waals surface area contributed by atoms with Crippen LogP contribution in [0.15, 0.2) is 38.6 Å². The van der Waals surface area contributed by atoms with Crippen LogP contribution in [0.1, 0.15) is 20.8 Å². The average molecular weight is 434 g/mol. The van der Waals surface area contributed by atoms with Gasteiger partial charge in [0.05, 0.1) is 8.66 Å². The molecule has 0 aliphatic heterocycles. The molecule has 3 nitrogen and oxygen atoms in total. The Labute approximate surface area is 142 Å². The molecule has 7 heteroatoms. The van der Waals surface area contributed by atoms with Gasteiger partial charge in [0.25, 0.3) is 5.91 Å². The summed E-state index contributed by atoms with van der Waals surface area (Å²) in [5, 5.41) is 2.87. The lowest BCUT2D eigenvalue weighted by Crippen LogP contribution is -2.21. The Morgan fingerprint density at radius 2 is 1.95 bits per heavy atom. The van der Waals surface area contributed by atoms with Crippen LogP contribution in [-0.4, -0.2) is 10.9 Å². The number of carbonyl (C=O) groups is 1. The summed E-state index contributed by atoms with van der Waals surface area (Å²) < 4.78 is 1.79. The second-order valence-corrected chi connectivity index (χ2v) is 7.64. The van der Waals surface area contributed by atoms with Crippen molar-refractivity contribution in [2.75, 3.05) is 0 Å². The Hall–Kier alpha value is -0.760. The van der Waals surface area contributed by atoms with E-state index in [2.05, 4.69) is 37.2 Å². The van der Waals surface area contributed by atoms with E-state index in [1.54, 1.807) is 6.07 Å². The van der Waals surface area contributed by atoms with E-state index < -0.39 is 0 Å². The number of benzene rings is 1. The highest BCUT2D eigenvalue weighted by molar-refractivity contribution is 9.13. The number of halogens is 2. The van der Waals surface area contributed by atoms with Crippen molar-refractivity contribution in [1.29, 1.82) is 0 Å². The molecule has 0 atom stereocenters. The van der Waals surface area contributed by atoms with Crippen LogP contribution in [-0.2, 0) is 6.54 Å². The second-order valence-electron chi connectivity index (χ2n) is 3.98. The fourth-order valence-corrected chi connectivity index (χ4v) is 3.60. The van der Waals surface area contributed by atoms with Gasteiger partial charge in [0.1, 0.15) is 4.99 Å². The number of hydrogen-bond donors (Lipinski definition) is 2. The summed E-state index contributed by atoms with van der Waals surface area (Å²) in [5.41, 5.74) is 7.35. The Balaban J connectivity index is 1.98. The lowest BCUT2D eigenvalue weighted by atomic mass is 10.1. The summed E-state index contributed by atoms with van der Waals surface area (Å²) in [7, 11) is 0. The van der Waals surface area contributed by atoms with Crippen LogP contribution in [0.25, 0.3) is 0 Å². The molecule has 0 saturated carbocycles. The van der Waals surface area contributed by atoms with Crippen LogP contribution in [0.5, 0.6) is 0 Å². The number of nitrogens with one attached hydrogen (secondary N) is 1. The van der Waals surface area contributed by atoms with Crippen molar-refractivity contribution in [2.24, 2.45) is 5.73 Å². The van der Waals surface area contributed by atoms with Gasteiger partial charge in [-0.3, -0.25) is 4.79 Å². The third-order valence-corrected chi connectivity index (χ3v) is 6.05. The zero-order valence-corrected chi connectivity index (χ0v) is 15.0. The molecule has 0 aliphatic rings. The molecule has 2 rings (SSSR count). The highest BCUT2D eigenvalue weighted by Crippen LogP contribution is 2.32. The molecule has 0 saturated heterocycles. The van der Waals surface area contributed by atoms with Crippen molar-refractivity contribution in [3.05, 3.63) is 54.6 Å². The Morgan fingerprint density at radius 1 is 1.30 bits per heavy atom. The summed E-state index contributed by atoms with van der Waals surface area (Å²) in [5.74, 6) is -0.0974. The standard InChI is InChI=1S/C13H10Br2N2OS2/c14-9-5-10(20-11(9)15)13(18)17-6-7-1-3-8(4-2-7)12(16)19/h1-5H,6H2,(H2,16,19)(H,17,18). The molecule has 0 bridgehead atoms. The van der Waals surface area contributed by atoms with Crippen LogP contribution in [0.4, 0.5) is 0 Å². The second kappa shape index (κ2) is 6.80. The smallest absolute Gasteiger partial charge is 0.261 e. The van der Waals surface area contributed by atoms with E-state index in [0.717, 1.165) is 19.4 Å². The zero-order valence-electron chi connectivity index (χ0n) is 10.2. The number of thiocarbonyl (C=S) groups is 1. The van der Waals surface area contributed by atoms with Gasteiger partial charge in [-0.1, -0.05) is 36.5 Å². The third-order valence-electron chi connectivity index (χ3n) is 2.56. The average Bonchev–Trinajstić information content (AvgIpc) is 2.76. The van der Waals surface area contributed by atoms with Gasteiger partial charge in [0.15, 0.2) is 0 Å². The molecular formula is C13H10Br2N2OS2. The SMILES string of the molecule is NC(=S)c1ccc(CNC(=O)c2cc(Br)c(Br)s2)cc1. The molecule has 3 N–H and O–H groups in total. The minimum atomic E-state index is -0.0974. The lowest BCUT2D eigenvalue weighted by molar-refractivity contribution is 0.0955. The molecule has 1 amide bonds. The van der Waals surface area contributed by atoms with Crippen LogP contribution in [0.2, 0.25) is 0 Å². The molecule has 104 valence electrons. The van der Waals surface area contributed by atoms with E-state index in [1.807, 2.05) is 24.3 Å². The van der Waals surface area contributed by atoms with Crippen molar-refractivity contribution >= 4 is 66.3 Å². The van der Waals surface area contributed by atoms with Crippen molar-refractivity contribution in [3.63, 3.8) is 0 Å². The van der Waals surface area contributed by atoms with Crippen LogP contribution >= 0.6 is 55.4 Å². The summed E-state index contributed by atoms with van der Waals surface area (Å²) in [6.07, 6.45) is 0. The van der Waals surface area contributed by atoms with E-state index in [-0.39, 0.29) is 5.91 Å². The number of thiophene rings is 1. The van der Waals surface area contributed by atoms with Gasteiger partial charge < -0.3 is 11.1 Å². The highest BCUT2D eigenvalue weighted by atomic mass is 79.9. The van der Waals surface area contributed by atoms with Crippen LogP contribution < -0.4 is 11.1 Å². The van der Waals surface area contributed by atoms with E-state index >= 15 is 0 Å². The fraction of sp³-hybridized carbons (Fsp3) is 0.0769. The quantitative estimate of drug-likeness (QED) is 0.720. The lowest BCUT2D eigenvalue weighted by Gasteiger charge is -2.05. The molecule has 0 radical (unpaired) electrons. The molecule has 2 aromatic rings. The van der Waals surface area contributed by atoms with E-state index in [4.69, 9.17) is 18.0 Å².